The Morgan fingerprint density at radius 2 is 2.09 bits per heavy atom. The number of rotatable bonds is 4. The molecule has 0 atom stereocenters. The number of furan rings is 1. The van der Waals surface area contributed by atoms with Crippen LogP contribution in [0.15, 0.2) is 57.9 Å². The zero-order valence-electron chi connectivity index (χ0n) is 18.9. The number of carbonyl (C=O) groups is 1. The minimum atomic E-state index is -0.435. The molecular weight excluding hydrogens is 464 g/mol. The van der Waals surface area contributed by atoms with Crippen molar-refractivity contribution >= 4 is 44.8 Å². The van der Waals surface area contributed by atoms with Crippen LogP contribution in [0.4, 0.5) is 0 Å². The minimum absolute atomic E-state index is 0.0497. The molecule has 0 bridgehead atoms. The monoisotopic (exact) mass is 484 g/mol. The Bertz CT molecular complexity index is 1680. The van der Waals surface area contributed by atoms with Gasteiger partial charge in [0.05, 0.1) is 23.0 Å². The van der Waals surface area contributed by atoms with Crippen LogP contribution < -0.4 is 5.56 Å². The van der Waals surface area contributed by atoms with Crippen molar-refractivity contribution in [1.82, 2.24) is 19.6 Å². The summed E-state index contributed by atoms with van der Waals surface area (Å²) in [4.78, 5) is 35.4. The summed E-state index contributed by atoms with van der Waals surface area (Å²) < 4.78 is 12.5. The highest BCUT2D eigenvalue weighted by molar-refractivity contribution is 7.16. The highest BCUT2D eigenvalue weighted by Gasteiger charge is 2.26. The van der Waals surface area contributed by atoms with Crippen LogP contribution >= 0.6 is 11.3 Å². The minimum Gasteiger partial charge on any atom is -0.465 e. The summed E-state index contributed by atoms with van der Waals surface area (Å²) in [5.74, 6) is 0.316. The lowest BCUT2D eigenvalue weighted by molar-refractivity contribution is 0.0472. The van der Waals surface area contributed by atoms with E-state index in [1.54, 1.807) is 13.2 Å². The van der Waals surface area contributed by atoms with Crippen LogP contribution in [0, 0.1) is 6.92 Å². The van der Waals surface area contributed by atoms with E-state index in [-0.39, 0.29) is 12.2 Å². The first-order valence-corrected chi connectivity index (χ1v) is 12.1. The smallest absolute Gasteiger partial charge is 0.339 e. The van der Waals surface area contributed by atoms with Crippen LogP contribution in [-0.2, 0) is 17.8 Å². The summed E-state index contributed by atoms with van der Waals surface area (Å²) in [5, 5.41) is 5.53. The molecule has 174 valence electrons. The van der Waals surface area contributed by atoms with Crippen molar-refractivity contribution in [2.24, 2.45) is 0 Å². The summed E-state index contributed by atoms with van der Waals surface area (Å²) in [6.07, 6.45) is 6.10. The van der Waals surface area contributed by atoms with E-state index in [4.69, 9.17) is 14.1 Å². The number of aryl methyl sites for hydroxylation is 1. The molecule has 0 unspecified atom stereocenters. The standard InChI is InChI=1S/C26H20N4O4S/c1-15-12-22(31)30-26(27-15)35-21(29-30)14-34-25(32)23-18-8-2-3-10-20(18)28-24-16(6-4-9-19(23)24)13-17-7-5-11-33-17/h2-3,5,7-8,10-13H,4,6,9,14H2,1H3/b16-13+. The van der Waals surface area contributed by atoms with Crippen LogP contribution in [0.5, 0.6) is 0 Å². The van der Waals surface area contributed by atoms with Gasteiger partial charge in [-0.3, -0.25) is 4.79 Å². The molecule has 0 amide bonds. The number of hydrogen-bond donors (Lipinski definition) is 0. The Kier molecular flexibility index (Phi) is 5.26. The Morgan fingerprint density at radius 1 is 1.20 bits per heavy atom. The third kappa shape index (κ3) is 3.93. The van der Waals surface area contributed by atoms with Gasteiger partial charge in [-0.25, -0.2) is 14.8 Å². The quantitative estimate of drug-likeness (QED) is 0.337. The largest absolute Gasteiger partial charge is 0.465 e. The van der Waals surface area contributed by atoms with Crippen LogP contribution in [0.2, 0.25) is 0 Å². The molecule has 0 spiro atoms. The van der Waals surface area contributed by atoms with Gasteiger partial charge in [-0.2, -0.15) is 9.61 Å². The highest BCUT2D eigenvalue weighted by atomic mass is 32.1. The van der Waals surface area contributed by atoms with Crippen molar-refractivity contribution in [3.05, 3.63) is 92.4 Å². The third-order valence-electron chi connectivity index (χ3n) is 5.98. The van der Waals surface area contributed by atoms with Crippen molar-refractivity contribution in [2.75, 3.05) is 0 Å². The molecule has 1 aromatic carbocycles. The number of aromatic nitrogens is 4. The van der Waals surface area contributed by atoms with E-state index in [1.807, 2.05) is 42.5 Å². The Balaban J connectivity index is 1.39. The van der Waals surface area contributed by atoms with Gasteiger partial charge in [-0.05, 0) is 61.6 Å². The topological polar surface area (TPSA) is 99.6 Å². The second-order valence-electron chi connectivity index (χ2n) is 8.37. The highest BCUT2D eigenvalue weighted by Crippen LogP contribution is 2.36. The normalized spacial score (nSPS) is 14.5. The van der Waals surface area contributed by atoms with E-state index < -0.39 is 5.97 Å². The number of ether oxygens (including phenoxy) is 1. The van der Waals surface area contributed by atoms with Crippen molar-refractivity contribution in [2.45, 2.75) is 32.8 Å². The van der Waals surface area contributed by atoms with Gasteiger partial charge in [0.25, 0.3) is 5.56 Å². The number of carbonyl (C=O) groups excluding carboxylic acids is 1. The molecule has 8 nitrogen and oxygen atoms in total. The molecule has 4 heterocycles. The summed E-state index contributed by atoms with van der Waals surface area (Å²) in [7, 11) is 0. The molecule has 1 aliphatic rings. The molecule has 0 saturated carbocycles. The maximum atomic E-state index is 13.5. The number of para-hydroxylation sites is 1. The number of nitrogens with zero attached hydrogens (tertiary/aromatic N) is 4. The molecule has 9 heteroatoms. The van der Waals surface area contributed by atoms with Gasteiger partial charge >= 0.3 is 5.97 Å². The second-order valence-corrected chi connectivity index (χ2v) is 9.41. The first-order valence-electron chi connectivity index (χ1n) is 11.3. The molecule has 35 heavy (non-hydrogen) atoms. The van der Waals surface area contributed by atoms with Gasteiger partial charge < -0.3 is 9.15 Å². The Labute approximate surface area is 203 Å². The van der Waals surface area contributed by atoms with Crippen LogP contribution in [0.25, 0.3) is 27.5 Å². The third-order valence-corrected chi connectivity index (χ3v) is 6.86. The summed E-state index contributed by atoms with van der Waals surface area (Å²) in [6, 6.07) is 12.8. The molecule has 0 radical (unpaired) electrons. The number of esters is 1. The lowest BCUT2D eigenvalue weighted by atomic mass is 9.86. The first-order chi connectivity index (χ1) is 17.1. The van der Waals surface area contributed by atoms with E-state index in [0.717, 1.165) is 52.8 Å². The van der Waals surface area contributed by atoms with Crippen molar-refractivity contribution < 1.29 is 13.9 Å². The number of benzene rings is 1. The number of pyridine rings is 1. The van der Waals surface area contributed by atoms with E-state index in [2.05, 4.69) is 10.1 Å². The Hall–Kier alpha value is -4.11. The summed E-state index contributed by atoms with van der Waals surface area (Å²) in [5.41, 5.74) is 4.36. The molecule has 6 rings (SSSR count). The summed E-state index contributed by atoms with van der Waals surface area (Å²) >= 11 is 1.23. The van der Waals surface area contributed by atoms with Crippen LogP contribution in [-0.4, -0.2) is 25.6 Å². The second kappa shape index (κ2) is 8.59. The predicted octanol–water partition coefficient (Wildman–Crippen LogP) is 4.83. The van der Waals surface area contributed by atoms with Gasteiger partial charge in [0, 0.05) is 17.1 Å². The maximum Gasteiger partial charge on any atom is 0.339 e. The maximum absolute atomic E-state index is 13.5. The average molecular weight is 485 g/mol. The van der Waals surface area contributed by atoms with E-state index in [0.29, 0.717) is 21.2 Å². The summed E-state index contributed by atoms with van der Waals surface area (Å²) in [6.45, 7) is 1.71. The molecule has 0 fully saturated rings. The van der Waals surface area contributed by atoms with E-state index in [9.17, 15) is 9.59 Å². The lowest BCUT2D eigenvalue weighted by Crippen LogP contribution is -2.16. The molecular formula is C26H20N4O4S. The van der Waals surface area contributed by atoms with Crippen molar-refractivity contribution in [3.8, 4) is 0 Å². The molecule has 0 N–H and O–H groups in total. The number of hydrogen-bond acceptors (Lipinski definition) is 8. The average Bonchev–Trinajstić information content (AvgIpc) is 3.51. The van der Waals surface area contributed by atoms with E-state index in [1.165, 1.54) is 21.9 Å². The molecule has 0 aliphatic heterocycles. The van der Waals surface area contributed by atoms with Crippen molar-refractivity contribution in [3.63, 3.8) is 0 Å². The molecule has 4 aromatic heterocycles. The molecule has 1 aliphatic carbocycles. The zero-order chi connectivity index (χ0) is 23.9. The van der Waals surface area contributed by atoms with Crippen molar-refractivity contribution in [1.29, 1.82) is 0 Å². The molecule has 0 saturated heterocycles. The predicted molar refractivity (Wildman–Crippen MR) is 132 cm³/mol. The van der Waals surface area contributed by atoms with E-state index >= 15 is 0 Å². The van der Waals surface area contributed by atoms with Gasteiger partial charge in [-0.1, -0.05) is 29.5 Å². The zero-order valence-corrected chi connectivity index (χ0v) is 19.7. The first kappa shape index (κ1) is 21.4. The van der Waals surface area contributed by atoms with Crippen LogP contribution in [0.3, 0.4) is 0 Å². The lowest BCUT2D eigenvalue weighted by Gasteiger charge is -2.22. The fraction of sp³-hybridized carbons (Fsp3) is 0.192. The van der Waals surface area contributed by atoms with Crippen LogP contribution in [0.1, 0.15) is 50.9 Å². The SMILES string of the molecule is Cc1cc(=O)n2nc(COC(=O)c3c4c(nc5ccccc35)/C(=C/c3ccco3)CCC4)sc2n1. The Morgan fingerprint density at radius 3 is 2.94 bits per heavy atom. The fourth-order valence-electron chi connectivity index (χ4n) is 4.47. The van der Waals surface area contributed by atoms with Gasteiger partial charge in [0.2, 0.25) is 4.96 Å². The van der Waals surface area contributed by atoms with Gasteiger partial charge in [0.15, 0.2) is 5.01 Å². The molecule has 5 aromatic rings. The fourth-order valence-corrected chi connectivity index (χ4v) is 5.33. The number of allylic oxidation sites excluding steroid dienone is 1. The van der Waals surface area contributed by atoms with Gasteiger partial charge in [-0.15, -0.1) is 0 Å². The van der Waals surface area contributed by atoms with Gasteiger partial charge in [0.1, 0.15) is 12.4 Å². The number of fused-ring (bicyclic) bond motifs is 3.